The lowest BCUT2D eigenvalue weighted by atomic mass is 9.95. The van der Waals surface area contributed by atoms with Crippen LogP contribution < -0.4 is 5.32 Å². The van der Waals surface area contributed by atoms with Gasteiger partial charge in [0.2, 0.25) is 0 Å². The van der Waals surface area contributed by atoms with Crippen molar-refractivity contribution in [2.75, 3.05) is 6.54 Å². The number of nitrogens with one attached hydrogen (secondary N) is 1. The largest absolute Gasteiger partial charge is 0.306 e. The highest BCUT2D eigenvalue weighted by molar-refractivity contribution is 5.36. The molecule has 2 nitrogen and oxygen atoms in total. The summed E-state index contributed by atoms with van der Waals surface area (Å²) in [6.45, 7) is 7.53. The average molecular weight is 268 g/mol. The second-order valence-electron chi connectivity index (χ2n) is 5.21. The van der Waals surface area contributed by atoms with Gasteiger partial charge in [-0.3, -0.25) is 4.98 Å². The minimum atomic E-state index is 0.254. The van der Waals surface area contributed by atoms with E-state index in [-0.39, 0.29) is 6.04 Å². The van der Waals surface area contributed by atoms with Crippen LogP contribution in [0.3, 0.4) is 0 Å². The van der Waals surface area contributed by atoms with E-state index in [9.17, 15) is 0 Å². The Morgan fingerprint density at radius 3 is 2.45 bits per heavy atom. The number of rotatable bonds is 6. The van der Waals surface area contributed by atoms with Gasteiger partial charge in [0.1, 0.15) is 0 Å². The fraction of sp³-hybridized carbons (Fsp3) is 0.389. The van der Waals surface area contributed by atoms with E-state index in [4.69, 9.17) is 0 Å². The van der Waals surface area contributed by atoms with E-state index >= 15 is 0 Å². The number of hydrogen-bond acceptors (Lipinski definition) is 2. The highest BCUT2D eigenvalue weighted by Crippen LogP contribution is 2.24. The molecule has 0 aliphatic rings. The molecule has 0 amide bonds. The van der Waals surface area contributed by atoms with Crippen LogP contribution in [0.5, 0.6) is 0 Å². The lowest BCUT2D eigenvalue weighted by Gasteiger charge is -2.21. The molecule has 2 rings (SSSR count). The monoisotopic (exact) mass is 268 g/mol. The Bertz CT molecular complexity index is 531. The van der Waals surface area contributed by atoms with Crippen molar-refractivity contribution >= 4 is 0 Å². The van der Waals surface area contributed by atoms with Crippen molar-refractivity contribution in [1.82, 2.24) is 10.3 Å². The van der Waals surface area contributed by atoms with E-state index in [1.807, 2.05) is 12.4 Å². The third kappa shape index (κ3) is 3.45. The maximum Gasteiger partial charge on any atom is 0.0580 e. The highest BCUT2D eigenvalue weighted by Gasteiger charge is 2.15. The molecule has 2 heteroatoms. The zero-order chi connectivity index (χ0) is 14.4. The Morgan fingerprint density at radius 2 is 1.85 bits per heavy atom. The van der Waals surface area contributed by atoms with Crippen molar-refractivity contribution in [3.8, 4) is 0 Å². The summed E-state index contributed by atoms with van der Waals surface area (Å²) in [5, 5.41) is 3.65. The Balaban J connectivity index is 2.33. The first-order valence-corrected chi connectivity index (χ1v) is 7.49. The second-order valence-corrected chi connectivity index (χ2v) is 5.21. The first-order chi connectivity index (χ1) is 9.76. The number of hydrogen-bond donors (Lipinski definition) is 1. The molecule has 0 aliphatic heterocycles. The lowest BCUT2D eigenvalue weighted by molar-refractivity contribution is 0.595. The topological polar surface area (TPSA) is 24.9 Å². The molecule has 1 aromatic carbocycles. The van der Waals surface area contributed by atoms with Crippen LogP contribution in [0.15, 0.2) is 42.7 Å². The molecule has 1 unspecified atom stereocenters. The Morgan fingerprint density at radius 1 is 1.10 bits per heavy atom. The standard InChI is InChI=1S/C18H24N2/c1-4-11-20-18(17-10-12-19-13-14(17)3)16-8-6-15(5-2)7-9-16/h6-10,12-13,18,20H,4-5,11H2,1-3H3. The summed E-state index contributed by atoms with van der Waals surface area (Å²) in [6.07, 6.45) is 6.04. The quantitative estimate of drug-likeness (QED) is 0.855. The summed E-state index contributed by atoms with van der Waals surface area (Å²) < 4.78 is 0. The van der Waals surface area contributed by atoms with Gasteiger partial charge in [-0.05, 0) is 54.6 Å². The maximum atomic E-state index is 4.20. The van der Waals surface area contributed by atoms with Crippen LogP contribution in [0, 0.1) is 6.92 Å². The van der Waals surface area contributed by atoms with E-state index < -0.39 is 0 Å². The van der Waals surface area contributed by atoms with Crippen LogP contribution in [-0.4, -0.2) is 11.5 Å². The molecular weight excluding hydrogens is 244 g/mol. The molecule has 0 aliphatic carbocycles. The fourth-order valence-electron chi connectivity index (χ4n) is 2.45. The maximum absolute atomic E-state index is 4.20. The molecule has 1 heterocycles. The van der Waals surface area contributed by atoms with Gasteiger partial charge in [0.25, 0.3) is 0 Å². The number of benzene rings is 1. The summed E-state index contributed by atoms with van der Waals surface area (Å²) in [6, 6.07) is 11.3. The van der Waals surface area contributed by atoms with E-state index in [1.54, 1.807) is 0 Å². The SMILES string of the molecule is CCCNC(c1ccc(CC)cc1)c1ccncc1C. The number of pyridine rings is 1. The van der Waals surface area contributed by atoms with Crippen molar-refractivity contribution in [3.05, 3.63) is 65.0 Å². The van der Waals surface area contributed by atoms with Crippen LogP contribution >= 0.6 is 0 Å². The van der Waals surface area contributed by atoms with Gasteiger partial charge in [-0.15, -0.1) is 0 Å². The summed E-state index contributed by atoms with van der Waals surface area (Å²) in [4.78, 5) is 4.20. The van der Waals surface area contributed by atoms with Crippen molar-refractivity contribution in [2.45, 2.75) is 39.7 Å². The van der Waals surface area contributed by atoms with Crippen LogP contribution in [0.4, 0.5) is 0 Å². The zero-order valence-corrected chi connectivity index (χ0v) is 12.7. The lowest BCUT2D eigenvalue weighted by Crippen LogP contribution is -2.24. The van der Waals surface area contributed by atoms with Gasteiger partial charge >= 0.3 is 0 Å². The first-order valence-electron chi connectivity index (χ1n) is 7.49. The van der Waals surface area contributed by atoms with Gasteiger partial charge in [-0.1, -0.05) is 38.1 Å². The van der Waals surface area contributed by atoms with Crippen LogP contribution in [0.1, 0.15) is 48.6 Å². The third-order valence-corrected chi connectivity index (χ3v) is 3.69. The summed E-state index contributed by atoms with van der Waals surface area (Å²) >= 11 is 0. The normalized spacial score (nSPS) is 12.3. The minimum Gasteiger partial charge on any atom is -0.306 e. The second kappa shape index (κ2) is 7.20. The minimum absolute atomic E-state index is 0.254. The van der Waals surface area contributed by atoms with Crippen molar-refractivity contribution in [1.29, 1.82) is 0 Å². The van der Waals surface area contributed by atoms with Gasteiger partial charge in [0, 0.05) is 12.4 Å². The van der Waals surface area contributed by atoms with Crippen molar-refractivity contribution in [2.24, 2.45) is 0 Å². The third-order valence-electron chi connectivity index (χ3n) is 3.69. The summed E-state index contributed by atoms with van der Waals surface area (Å²) in [5.74, 6) is 0. The Hall–Kier alpha value is -1.67. The number of aryl methyl sites for hydroxylation is 2. The van der Waals surface area contributed by atoms with E-state index in [2.05, 4.69) is 61.4 Å². The molecule has 0 radical (unpaired) electrons. The van der Waals surface area contributed by atoms with E-state index in [1.165, 1.54) is 22.3 Å². The van der Waals surface area contributed by atoms with Crippen LogP contribution in [0.2, 0.25) is 0 Å². The molecule has 1 aromatic heterocycles. The molecule has 0 saturated carbocycles. The van der Waals surface area contributed by atoms with Gasteiger partial charge in [-0.25, -0.2) is 0 Å². The van der Waals surface area contributed by atoms with Gasteiger partial charge in [0.05, 0.1) is 6.04 Å². The van der Waals surface area contributed by atoms with Gasteiger partial charge in [-0.2, -0.15) is 0 Å². The van der Waals surface area contributed by atoms with Crippen LogP contribution in [-0.2, 0) is 6.42 Å². The van der Waals surface area contributed by atoms with E-state index in [0.717, 1.165) is 19.4 Å². The smallest absolute Gasteiger partial charge is 0.0580 e. The molecule has 2 aromatic rings. The molecule has 1 atom stereocenters. The van der Waals surface area contributed by atoms with Crippen molar-refractivity contribution < 1.29 is 0 Å². The van der Waals surface area contributed by atoms with E-state index in [0.29, 0.717) is 0 Å². The molecule has 0 spiro atoms. The summed E-state index contributed by atoms with van der Waals surface area (Å²) in [7, 11) is 0. The Labute approximate surface area is 122 Å². The molecule has 1 N–H and O–H groups in total. The number of nitrogens with zero attached hydrogens (tertiary/aromatic N) is 1. The molecule has 0 bridgehead atoms. The van der Waals surface area contributed by atoms with Gasteiger partial charge < -0.3 is 5.32 Å². The fourth-order valence-corrected chi connectivity index (χ4v) is 2.45. The predicted molar refractivity (Wildman–Crippen MR) is 84.9 cm³/mol. The van der Waals surface area contributed by atoms with Crippen molar-refractivity contribution in [3.63, 3.8) is 0 Å². The highest BCUT2D eigenvalue weighted by atomic mass is 14.9. The Kier molecular flexibility index (Phi) is 5.31. The molecule has 0 fully saturated rings. The predicted octanol–water partition coefficient (Wildman–Crippen LogP) is 4.04. The average Bonchev–Trinajstić information content (AvgIpc) is 2.50. The molecule has 106 valence electrons. The van der Waals surface area contributed by atoms with Crippen LogP contribution in [0.25, 0.3) is 0 Å². The summed E-state index contributed by atoms with van der Waals surface area (Å²) in [5.41, 5.74) is 5.26. The number of aromatic nitrogens is 1. The first kappa shape index (κ1) is 14.7. The molecule has 0 saturated heterocycles. The van der Waals surface area contributed by atoms with Gasteiger partial charge in [0.15, 0.2) is 0 Å². The molecular formula is C18H24N2. The molecule has 20 heavy (non-hydrogen) atoms. The zero-order valence-electron chi connectivity index (χ0n) is 12.7.